The lowest BCUT2D eigenvalue weighted by molar-refractivity contribution is 0.0804. The fraction of sp³-hybridized carbons (Fsp3) is 0.522. The second-order valence-corrected chi connectivity index (χ2v) is 9.39. The number of carbonyl (C=O) groups excluding carboxylic acids is 3. The van der Waals surface area contributed by atoms with Crippen LogP contribution in [-0.2, 0) is 12.8 Å². The quantitative estimate of drug-likeness (QED) is 0.697. The molecule has 0 aromatic carbocycles. The number of nitrogens with one attached hydrogen (secondary N) is 2. The van der Waals surface area contributed by atoms with Crippen molar-refractivity contribution in [3.8, 4) is 0 Å². The second kappa shape index (κ2) is 6.87. The van der Waals surface area contributed by atoms with E-state index < -0.39 is 0 Å². The molecule has 2 aromatic heterocycles. The number of aromatic amines is 2. The average Bonchev–Trinajstić information content (AvgIpc) is 3.16. The summed E-state index contributed by atoms with van der Waals surface area (Å²) in [6, 6.07) is 0. The van der Waals surface area contributed by atoms with E-state index in [-0.39, 0.29) is 16.6 Å². The number of rotatable bonds is 1. The van der Waals surface area contributed by atoms with E-state index in [4.69, 9.17) is 0 Å². The molecule has 0 bridgehead atoms. The van der Waals surface area contributed by atoms with Crippen LogP contribution in [0.3, 0.4) is 0 Å². The van der Waals surface area contributed by atoms with Crippen LogP contribution in [0.2, 0.25) is 0 Å². The van der Waals surface area contributed by atoms with E-state index in [1.54, 1.807) is 0 Å². The fourth-order valence-electron chi connectivity index (χ4n) is 4.16. The number of hydrogen-bond acceptors (Lipinski definition) is 3. The Bertz CT molecular complexity index is 957. The molecule has 0 fully saturated rings. The molecule has 0 unspecified atom stereocenters. The zero-order valence-corrected chi connectivity index (χ0v) is 17.7. The third-order valence-corrected chi connectivity index (χ3v) is 6.33. The van der Waals surface area contributed by atoms with Gasteiger partial charge < -0.3 is 9.97 Å². The molecule has 5 heteroatoms. The van der Waals surface area contributed by atoms with E-state index in [2.05, 4.69) is 9.97 Å². The van der Waals surface area contributed by atoms with Crippen molar-refractivity contribution in [2.75, 3.05) is 0 Å². The first kappa shape index (κ1) is 20.3. The number of aromatic nitrogens is 2. The van der Waals surface area contributed by atoms with Gasteiger partial charge in [-0.1, -0.05) is 27.7 Å². The van der Waals surface area contributed by atoms with Gasteiger partial charge in [0.05, 0.1) is 5.69 Å². The van der Waals surface area contributed by atoms with E-state index in [0.29, 0.717) is 11.5 Å². The molecule has 0 radical (unpaired) electrons. The molecular weight excluding hydrogens is 352 g/mol. The fourth-order valence-corrected chi connectivity index (χ4v) is 4.16. The maximum absolute atomic E-state index is 12.2. The molecule has 2 aromatic rings. The highest BCUT2D eigenvalue weighted by Crippen LogP contribution is 2.37. The zero-order chi connectivity index (χ0) is 20.9. The predicted molar refractivity (Wildman–Crippen MR) is 109 cm³/mol. The van der Waals surface area contributed by atoms with Gasteiger partial charge in [-0.25, -0.2) is 0 Å². The normalized spacial score (nSPS) is 19.4. The summed E-state index contributed by atoms with van der Waals surface area (Å²) in [6.45, 7) is 11.8. The van der Waals surface area contributed by atoms with Crippen molar-refractivity contribution in [2.24, 2.45) is 10.8 Å². The Balaban J connectivity index is 0.000000162. The Morgan fingerprint density at radius 1 is 0.893 bits per heavy atom. The minimum absolute atomic E-state index is 0.158. The monoisotopic (exact) mass is 382 g/mol. The van der Waals surface area contributed by atoms with E-state index in [0.717, 1.165) is 65.6 Å². The molecule has 2 heterocycles. The van der Waals surface area contributed by atoms with Gasteiger partial charge in [0.2, 0.25) is 0 Å². The summed E-state index contributed by atoms with van der Waals surface area (Å²) in [5.74, 6) is 0.457. The Hall–Kier alpha value is -2.43. The highest BCUT2D eigenvalue weighted by molar-refractivity contribution is 6.05. The van der Waals surface area contributed by atoms with Crippen molar-refractivity contribution >= 4 is 17.9 Å². The molecular formula is C23H30N2O3. The molecule has 0 amide bonds. The van der Waals surface area contributed by atoms with Crippen molar-refractivity contribution < 1.29 is 14.4 Å². The van der Waals surface area contributed by atoms with Crippen molar-refractivity contribution in [2.45, 2.75) is 67.2 Å². The first-order valence-electron chi connectivity index (χ1n) is 9.92. The number of carbonyl (C=O) groups is 3. The lowest BCUT2D eigenvalue weighted by Crippen LogP contribution is -2.30. The molecule has 2 aliphatic rings. The standard InChI is InChI=1S/C12H15NO2.C11H15NO/c1-7-9(6-14)13-8-4-5-12(2,3)11(15)10(7)8;1-7-6-12-8-4-5-11(2,3)10(13)9(7)8/h6,13H,4-5H2,1-3H3;6,12H,4-5H2,1-3H3. The minimum atomic E-state index is -0.292. The summed E-state index contributed by atoms with van der Waals surface area (Å²) in [4.78, 5) is 41.1. The number of Topliss-reactive ketones (excluding diaryl/α,β-unsaturated/α-hetero) is 2. The van der Waals surface area contributed by atoms with Crippen LogP contribution < -0.4 is 0 Å². The van der Waals surface area contributed by atoms with E-state index in [9.17, 15) is 14.4 Å². The number of aryl methyl sites for hydroxylation is 3. The van der Waals surface area contributed by atoms with Crippen LogP contribution in [0.5, 0.6) is 0 Å². The number of aldehydes is 1. The lowest BCUT2D eigenvalue weighted by atomic mass is 9.74. The zero-order valence-electron chi connectivity index (χ0n) is 17.7. The maximum Gasteiger partial charge on any atom is 0.170 e. The summed E-state index contributed by atoms with van der Waals surface area (Å²) in [6.07, 6.45) is 6.37. The van der Waals surface area contributed by atoms with Gasteiger partial charge in [-0.2, -0.15) is 0 Å². The Kier molecular flexibility index (Phi) is 4.98. The summed E-state index contributed by atoms with van der Waals surface area (Å²) >= 11 is 0. The Labute approximate surface area is 166 Å². The van der Waals surface area contributed by atoms with Crippen LogP contribution >= 0.6 is 0 Å². The summed E-state index contributed by atoms with van der Waals surface area (Å²) in [5.41, 5.74) is 5.72. The van der Waals surface area contributed by atoms with Crippen LogP contribution in [0.4, 0.5) is 0 Å². The first-order valence-corrected chi connectivity index (χ1v) is 9.92. The van der Waals surface area contributed by atoms with Crippen LogP contribution in [0.1, 0.15) is 94.3 Å². The van der Waals surface area contributed by atoms with Gasteiger partial charge in [0.15, 0.2) is 17.9 Å². The molecule has 0 saturated heterocycles. The average molecular weight is 383 g/mol. The topological polar surface area (TPSA) is 82.8 Å². The number of hydrogen-bond donors (Lipinski definition) is 2. The van der Waals surface area contributed by atoms with Crippen LogP contribution in [0, 0.1) is 24.7 Å². The number of H-pyrrole nitrogens is 2. The summed E-state index contributed by atoms with van der Waals surface area (Å²) in [7, 11) is 0. The van der Waals surface area contributed by atoms with E-state index in [1.165, 1.54) is 0 Å². The molecule has 2 N–H and O–H groups in total. The van der Waals surface area contributed by atoms with Crippen molar-refractivity contribution in [3.63, 3.8) is 0 Å². The third-order valence-electron chi connectivity index (χ3n) is 6.33. The molecule has 0 aliphatic heterocycles. The highest BCUT2D eigenvalue weighted by atomic mass is 16.1. The minimum Gasteiger partial charge on any atom is -0.364 e. The summed E-state index contributed by atoms with van der Waals surface area (Å²) in [5, 5.41) is 0. The SMILES string of the molecule is Cc1c(C=O)[nH]c2c1C(=O)C(C)(C)CC2.Cc1c[nH]c2c1C(=O)C(C)(C)CC2. The third kappa shape index (κ3) is 3.27. The van der Waals surface area contributed by atoms with Gasteiger partial charge >= 0.3 is 0 Å². The van der Waals surface area contributed by atoms with Gasteiger partial charge in [0.1, 0.15) is 0 Å². The van der Waals surface area contributed by atoms with Gasteiger partial charge in [0.25, 0.3) is 0 Å². The molecule has 28 heavy (non-hydrogen) atoms. The van der Waals surface area contributed by atoms with Crippen molar-refractivity contribution in [1.82, 2.24) is 9.97 Å². The molecule has 0 spiro atoms. The molecule has 150 valence electrons. The van der Waals surface area contributed by atoms with E-state index >= 15 is 0 Å². The van der Waals surface area contributed by atoms with Gasteiger partial charge in [-0.3, -0.25) is 14.4 Å². The summed E-state index contributed by atoms with van der Waals surface area (Å²) < 4.78 is 0. The smallest absolute Gasteiger partial charge is 0.170 e. The Morgan fingerprint density at radius 3 is 2.00 bits per heavy atom. The van der Waals surface area contributed by atoms with E-state index in [1.807, 2.05) is 47.7 Å². The van der Waals surface area contributed by atoms with Crippen molar-refractivity contribution in [3.05, 3.63) is 45.5 Å². The number of fused-ring (bicyclic) bond motifs is 2. The molecule has 0 atom stereocenters. The molecule has 5 nitrogen and oxygen atoms in total. The van der Waals surface area contributed by atoms with Gasteiger partial charge in [-0.15, -0.1) is 0 Å². The number of ketones is 2. The van der Waals surface area contributed by atoms with Gasteiger partial charge in [0, 0.05) is 39.5 Å². The van der Waals surface area contributed by atoms with Crippen LogP contribution in [-0.4, -0.2) is 27.8 Å². The Morgan fingerprint density at radius 2 is 1.43 bits per heavy atom. The highest BCUT2D eigenvalue weighted by Gasteiger charge is 2.37. The molecule has 2 aliphatic carbocycles. The van der Waals surface area contributed by atoms with Crippen LogP contribution in [0.25, 0.3) is 0 Å². The maximum atomic E-state index is 12.2. The molecule has 0 saturated carbocycles. The molecule has 4 rings (SSSR count). The second-order valence-electron chi connectivity index (χ2n) is 9.39. The van der Waals surface area contributed by atoms with Crippen LogP contribution in [0.15, 0.2) is 6.20 Å². The lowest BCUT2D eigenvalue weighted by Gasteiger charge is -2.28. The predicted octanol–water partition coefficient (Wildman–Crippen LogP) is 4.77. The van der Waals surface area contributed by atoms with Gasteiger partial charge in [-0.05, 0) is 50.7 Å². The largest absolute Gasteiger partial charge is 0.364 e. The van der Waals surface area contributed by atoms with Crippen molar-refractivity contribution in [1.29, 1.82) is 0 Å². The first-order chi connectivity index (χ1) is 13.0.